The van der Waals surface area contributed by atoms with E-state index in [2.05, 4.69) is 4.98 Å². The van der Waals surface area contributed by atoms with Crippen LogP contribution in [0.2, 0.25) is 0 Å². The molecule has 2 heterocycles. The number of rotatable bonds is 9. The van der Waals surface area contributed by atoms with Crippen LogP contribution in [-0.2, 0) is 27.4 Å². The van der Waals surface area contributed by atoms with Crippen molar-refractivity contribution in [3.05, 3.63) is 99.2 Å². The van der Waals surface area contributed by atoms with Crippen LogP contribution in [0.4, 0.5) is 4.39 Å². The lowest BCUT2D eigenvalue weighted by Gasteiger charge is -2.31. The van der Waals surface area contributed by atoms with Crippen molar-refractivity contribution in [3.8, 4) is 0 Å². The molecule has 1 unspecified atom stereocenters. The Morgan fingerprint density at radius 3 is 2.30 bits per heavy atom. The number of aliphatic hydroxyl groups excluding tert-OH is 1. The van der Waals surface area contributed by atoms with Gasteiger partial charge in [0.2, 0.25) is 0 Å². The number of benzene rings is 2. The van der Waals surface area contributed by atoms with Crippen molar-refractivity contribution in [2.24, 2.45) is 0 Å². The fourth-order valence-corrected chi connectivity index (χ4v) is 4.14. The third kappa shape index (κ3) is 5.29. The number of halogens is 1. The maximum absolute atomic E-state index is 14.6. The molecule has 0 bridgehead atoms. The van der Waals surface area contributed by atoms with E-state index in [-0.39, 0.29) is 30.2 Å². The molecule has 9 heteroatoms. The summed E-state index contributed by atoms with van der Waals surface area (Å²) >= 11 is 5.22. The summed E-state index contributed by atoms with van der Waals surface area (Å²) in [5.41, 5.74) is -0.167. The molecule has 2 N–H and O–H groups in total. The van der Waals surface area contributed by atoms with Crippen LogP contribution < -0.4 is 5.56 Å². The van der Waals surface area contributed by atoms with Crippen molar-refractivity contribution >= 4 is 12.2 Å². The van der Waals surface area contributed by atoms with Gasteiger partial charge in [-0.05, 0) is 23.3 Å². The van der Waals surface area contributed by atoms with Crippen LogP contribution >= 0.6 is 12.2 Å². The largest absolute Gasteiger partial charge is 0.386 e. The van der Waals surface area contributed by atoms with Gasteiger partial charge in [0.05, 0.1) is 19.8 Å². The fraction of sp³-hybridized carbons (Fsp3) is 0.333. The first kappa shape index (κ1) is 23.5. The maximum atomic E-state index is 14.6. The topological polar surface area (TPSA) is 85.7 Å². The van der Waals surface area contributed by atoms with E-state index in [1.807, 2.05) is 60.7 Å². The van der Waals surface area contributed by atoms with Gasteiger partial charge in [-0.25, -0.2) is 4.39 Å². The monoisotopic (exact) mass is 472 g/mol. The van der Waals surface area contributed by atoms with Crippen LogP contribution in [0.5, 0.6) is 0 Å². The Morgan fingerprint density at radius 2 is 1.70 bits per heavy atom. The summed E-state index contributed by atoms with van der Waals surface area (Å²) in [5, 5.41) is 11.1. The normalized spacial score (nSPS) is 24.7. The summed E-state index contributed by atoms with van der Waals surface area (Å²) in [6.45, 7) is -0.708. The van der Waals surface area contributed by atoms with Crippen LogP contribution in [0.25, 0.3) is 0 Å². The molecule has 33 heavy (non-hydrogen) atoms. The molecule has 2 aromatic carbocycles. The van der Waals surface area contributed by atoms with E-state index in [1.54, 1.807) is 0 Å². The highest BCUT2D eigenvalue weighted by atomic mass is 32.1. The van der Waals surface area contributed by atoms with Crippen molar-refractivity contribution in [1.29, 1.82) is 0 Å². The summed E-state index contributed by atoms with van der Waals surface area (Å²) in [6, 6.07) is 20.1. The summed E-state index contributed by atoms with van der Waals surface area (Å²) in [7, 11) is 0. The van der Waals surface area contributed by atoms with Gasteiger partial charge >= 0.3 is 0 Å². The highest BCUT2D eigenvalue weighted by molar-refractivity contribution is 7.71. The summed E-state index contributed by atoms with van der Waals surface area (Å²) in [5.74, 6) is 0. The minimum atomic E-state index is -1.57. The zero-order valence-corrected chi connectivity index (χ0v) is 18.6. The third-order valence-electron chi connectivity index (χ3n) is 5.56. The van der Waals surface area contributed by atoms with Gasteiger partial charge < -0.3 is 19.3 Å². The van der Waals surface area contributed by atoms with E-state index in [0.717, 1.165) is 11.1 Å². The Bertz CT molecular complexity index is 1160. The standard InChI is InChI=1S/C24H25FN2O5S/c25-15-24(16-30-13-17-7-3-1-4-8-17)21(31-14-18-9-5-2-6-10-18)20(29)22(32-24)27-12-11-19(28)26-23(27)33/h1-12,20-22,29H,13-16H2,(H,26,28,33)/t20-,21+,22?,24-/m1/s1. The number of hydrogen-bond acceptors (Lipinski definition) is 6. The van der Waals surface area contributed by atoms with Crippen molar-refractivity contribution < 1.29 is 23.7 Å². The van der Waals surface area contributed by atoms with E-state index < -0.39 is 30.7 Å². The first-order valence-electron chi connectivity index (χ1n) is 10.5. The van der Waals surface area contributed by atoms with Crippen LogP contribution in [0.3, 0.4) is 0 Å². The predicted molar refractivity (Wildman–Crippen MR) is 122 cm³/mol. The molecule has 1 aromatic heterocycles. The fourth-order valence-electron chi connectivity index (χ4n) is 3.88. The second-order valence-electron chi connectivity index (χ2n) is 7.91. The number of alkyl halides is 1. The van der Waals surface area contributed by atoms with Gasteiger partial charge in [0, 0.05) is 12.3 Å². The molecule has 4 rings (SSSR count). The zero-order valence-electron chi connectivity index (χ0n) is 17.8. The number of aliphatic hydroxyl groups is 1. The lowest BCUT2D eigenvalue weighted by atomic mass is 9.97. The van der Waals surface area contributed by atoms with Crippen molar-refractivity contribution in [1.82, 2.24) is 9.55 Å². The maximum Gasteiger partial charge on any atom is 0.251 e. The molecule has 1 saturated heterocycles. The van der Waals surface area contributed by atoms with Gasteiger partial charge in [-0.15, -0.1) is 0 Å². The number of aromatic amines is 1. The Morgan fingerprint density at radius 1 is 1.06 bits per heavy atom. The zero-order chi connectivity index (χ0) is 23.3. The Balaban J connectivity index is 1.59. The summed E-state index contributed by atoms with van der Waals surface area (Å²) < 4.78 is 33.9. The molecule has 1 aliphatic rings. The Hall–Kier alpha value is -2.69. The molecule has 3 aromatic rings. The van der Waals surface area contributed by atoms with E-state index >= 15 is 0 Å². The minimum absolute atomic E-state index is 0.0493. The molecule has 0 saturated carbocycles. The summed E-state index contributed by atoms with van der Waals surface area (Å²) in [6.07, 6.45) is -1.96. The highest BCUT2D eigenvalue weighted by Crippen LogP contribution is 2.40. The van der Waals surface area contributed by atoms with E-state index in [1.165, 1.54) is 16.8 Å². The minimum Gasteiger partial charge on any atom is -0.386 e. The van der Waals surface area contributed by atoms with Crippen molar-refractivity contribution in [2.75, 3.05) is 13.3 Å². The van der Waals surface area contributed by atoms with Crippen molar-refractivity contribution in [3.63, 3.8) is 0 Å². The third-order valence-corrected chi connectivity index (χ3v) is 5.87. The van der Waals surface area contributed by atoms with E-state index in [4.69, 9.17) is 26.4 Å². The Kier molecular flexibility index (Phi) is 7.46. The van der Waals surface area contributed by atoms with Gasteiger partial charge in [0.1, 0.15) is 18.9 Å². The molecule has 0 spiro atoms. The molecule has 174 valence electrons. The average molecular weight is 473 g/mol. The molecular formula is C24H25FN2O5S. The molecular weight excluding hydrogens is 447 g/mol. The highest BCUT2D eigenvalue weighted by Gasteiger charge is 2.57. The second kappa shape index (κ2) is 10.5. The van der Waals surface area contributed by atoms with Crippen LogP contribution in [0.15, 0.2) is 77.7 Å². The first-order valence-corrected chi connectivity index (χ1v) is 10.9. The van der Waals surface area contributed by atoms with Crippen LogP contribution in [0.1, 0.15) is 17.4 Å². The van der Waals surface area contributed by atoms with Gasteiger partial charge in [0.15, 0.2) is 16.6 Å². The lowest BCUT2D eigenvalue weighted by Crippen LogP contribution is -2.50. The molecule has 0 aliphatic carbocycles. The average Bonchev–Trinajstić information content (AvgIpc) is 3.10. The number of aromatic nitrogens is 2. The number of H-pyrrole nitrogens is 1. The van der Waals surface area contributed by atoms with Crippen LogP contribution in [0, 0.1) is 4.77 Å². The van der Waals surface area contributed by atoms with E-state index in [0.29, 0.717) is 0 Å². The molecule has 4 atom stereocenters. The molecule has 0 radical (unpaired) electrons. The van der Waals surface area contributed by atoms with Crippen LogP contribution in [-0.4, -0.2) is 45.7 Å². The molecule has 0 amide bonds. The van der Waals surface area contributed by atoms with Gasteiger partial charge in [0.25, 0.3) is 5.56 Å². The first-order chi connectivity index (χ1) is 16.0. The predicted octanol–water partition coefficient (Wildman–Crippen LogP) is 3.31. The Labute approximate surface area is 195 Å². The van der Waals surface area contributed by atoms with Gasteiger partial charge in [-0.1, -0.05) is 60.7 Å². The quantitative estimate of drug-likeness (QED) is 0.465. The molecule has 1 fully saturated rings. The van der Waals surface area contributed by atoms with Gasteiger partial charge in [-0.2, -0.15) is 0 Å². The molecule has 7 nitrogen and oxygen atoms in total. The van der Waals surface area contributed by atoms with Gasteiger partial charge in [-0.3, -0.25) is 14.3 Å². The SMILES string of the molecule is O=c1ccn(C2O[C@](CF)(COCc3ccccc3)[C@@H](OCc3ccccc3)[C@H]2O)c(=S)[nH]1. The number of hydrogen-bond donors (Lipinski definition) is 2. The second-order valence-corrected chi connectivity index (χ2v) is 8.30. The number of ether oxygens (including phenoxy) is 3. The molecule has 1 aliphatic heterocycles. The van der Waals surface area contributed by atoms with E-state index in [9.17, 15) is 14.3 Å². The number of nitrogens with one attached hydrogen (secondary N) is 1. The van der Waals surface area contributed by atoms with Crippen molar-refractivity contribution in [2.45, 2.75) is 37.3 Å². The lowest BCUT2D eigenvalue weighted by molar-refractivity contribution is -0.165. The smallest absolute Gasteiger partial charge is 0.251 e. The summed E-state index contributed by atoms with van der Waals surface area (Å²) in [4.78, 5) is 14.1. The number of nitrogens with zero attached hydrogens (tertiary/aromatic N) is 1.